The van der Waals surface area contributed by atoms with Gasteiger partial charge in [0.1, 0.15) is 5.75 Å². The Morgan fingerprint density at radius 3 is 1.67 bits per heavy atom. The van der Waals surface area contributed by atoms with Crippen LogP contribution >= 0.6 is 11.8 Å². The molecule has 36 heavy (non-hydrogen) atoms. The van der Waals surface area contributed by atoms with E-state index in [-0.39, 0.29) is 5.75 Å². The first-order valence-corrected chi connectivity index (χ1v) is 15.5. The lowest BCUT2D eigenvalue weighted by molar-refractivity contribution is 0.0936. The van der Waals surface area contributed by atoms with Gasteiger partial charge in [0.05, 0.1) is 0 Å². The number of aromatic hydroxyl groups is 1. The van der Waals surface area contributed by atoms with Crippen LogP contribution in [0.1, 0.15) is 126 Å². The second-order valence-electron chi connectivity index (χ2n) is 9.65. The van der Waals surface area contributed by atoms with Gasteiger partial charge in [-0.25, -0.2) is 10.2 Å². The fourth-order valence-electron chi connectivity index (χ4n) is 4.05. The fraction of sp³-hybridized carbons (Fsp3) is 0.724. The lowest BCUT2D eigenvalue weighted by Gasteiger charge is -2.09. The van der Waals surface area contributed by atoms with Crippen molar-refractivity contribution in [2.75, 3.05) is 18.1 Å². The van der Waals surface area contributed by atoms with Crippen molar-refractivity contribution in [3.05, 3.63) is 29.8 Å². The third-order valence-electron chi connectivity index (χ3n) is 6.31. The number of nitrogens with one attached hydrogen (secondary N) is 3. The van der Waals surface area contributed by atoms with Gasteiger partial charge in [-0.05, 0) is 55.0 Å². The van der Waals surface area contributed by atoms with E-state index in [9.17, 15) is 14.7 Å². The molecule has 6 nitrogen and oxygen atoms in total. The predicted molar refractivity (Wildman–Crippen MR) is 154 cm³/mol. The number of hydrogen-bond donors (Lipinski definition) is 4. The quantitative estimate of drug-likeness (QED) is 0.0928. The molecule has 3 amide bonds. The van der Waals surface area contributed by atoms with Gasteiger partial charge < -0.3 is 10.4 Å². The molecule has 0 fully saturated rings. The highest BCUT2D eigenvalue weighted by atomic mass is 32.2. The number of amides is 3. The van der Waals surface area contributed by atoms with Gasteiger partial charge in [-0.15, -0.1) is 0 Å². The van der Waals surface area contributed by atoms with Crippen molar-refractivity contribution >= 4 is 23.7 Å². The van der Waals surface area contributed by atoms with E-state index in [1.54, 1.807) is 0 Å². The molecule has 0 bridgehead atoms. The van der Waals surface area contributed by atoms with Crippen LogP contribution in [0, 0.1) is 0 Å². The Bertz CT molecular complexity index is 670. The van der Waals surface area contributed by atoms with Crippen LogP contribution in [0.3, 0.4) is 0 Å². The first kappa shape index (κ1) is 32.1. The average Bonchev–Trinajstić information content (AvgIpc) is 2.88. The van der Waals surface area contributed by atoms with Crippen LogP contribution in [-0.2, 0) is 0 Å². The maximum Gasteiger partial charge on any atom is 0.333 e. The second-order valence-corrected chi connectivity index (χ2v) is 10.9. The zero-order valence-electron chi connectivity index (χ0n) is 22.6. The Morgan fingerprint density at radius 1 is 0.667 bits per heavy atom. The minimum absolute atomic E-state index is 0.0891. The SMILES string of the molecule is CCCCCCCCCCSCCCCCCCCCCCNC(=O)NNC(=O)c1ccc(O)cc1. The van der Waals surface area contributed by atoms with Gasteiger partial charge in [-0.3, -0.25) is 10.2 Å². The molecule has 0 radical (unpaired) electrons. The van der Waals surface area contributed by atoms with Crippen LogP contribution < -0.4 is 16.2 Å². The molecule has 0 saturated heterocycles. The fourth-order valence-corrected chi connectivity index (χ4v) is 5.07. The largest absolute Gasteiger partial charge is 0.508 e. The Balaban J connectivity index is 1.77. The number of rotatable bonds is 22. The molecule has 0 heterocycles. The number of phenols is 1. The highest BCUT2D eigenvalue weighted by molar-refractivity contribution is 7.99. The van der Waals surface area contributed by atoms with Crippen molar-refractivity contribution in [2.24, 2.45) is 0 Å². The van der Waals surface area contributed by atoms with Crippen molar-refractivity contribution in [1.29, 1.82) is 0 Å². The van der Waals surface area contributed by atoms with E-state index in [1.165, 1.54) is 132 Å². The molecule has 0 saturated carbocycles. The van der Waals surface area contributed by atoms with Gasteiger partial charge >= 0.3 is 6.03 Å². The predicted octanol–water partition coefficient (Wildman–Crippen LogP) is 7.72. The lowest BCUT2D eigenvalue weighted by Crippen LogP contribution is -2.47. The zero-order valence-corrected chi connectivity index (χ0v) is 23.4. The van der Waals surface area contributed by atoms with Crippen molar-refractivity contribution in [1.82, 2.24) is 16.2 Å². The molecule has 0 aliphatic carbocycles. The van der Waals surface area contributed by atoms with E-state index in [0.717, 1.165) is 12.8 Å². The number of benzene rings is 1. The summed E-state index contributed by atoms with van der Waals surface area (Å²) in [6, 6.07) is 5.41. The van der Waals surface area contributed by atoms with Gasteiger partial charge in [0.2, 0.25) is 0 Å². The number of carbonyl (C=O) groups excluding carboxylic acids is 2. The Hall–Kier alpha value is -1.89. The molecule has 1 rings (SSSR count). The van der Waals surface area contributed by atoms with Crippen LogP contribution in [0.2, 0.25) is 0 Å². The van der Waals surface area contributed by atoms with E-state index in [2.05, 4.69) is 34.9 Å². The molecule has 0 unspecified atom stereocenters. The maximum atomic E-state index is 11.9. The lowest BCUT2D eigenvalue weighted by atomic mass is 10.1. The molecule has 0 aliphatic rings. The zero-order chi connectivity index (χ0) is 26.1. The molecule has 0 aromatic heterocycles. The van der Waals surface area contributed by atoms with E-state index >= 15 is 0 Å². The van der Waals surface area contributed by atoms with E-state index in [0.29, 0.717) is 12.1 Å². The van der Waals surface area contributed by atoms with Crippen LogP contribution in [0.15, 0.2) is 24.3 Å². The summed E-state index contributed by atoms with van der Waals surface area (Å²) in [6.45, 7) is 2.87. The van der Waals surface area contributed by atoms with Crippen LogP contribution in [0.4, 0.5) is 4.79 Å². The molecule has 0 spiro atoms. The minimum Gasteiger partial charge on any atom is -0.508 e. The van der Waals surface area contributed by atoms with E-state index in [1.807, 2.05) is 0 Å². The topological polar surface area (TPSA) is 90.5 Å². The highest BCUT2D eigenvalue weighted by Crippen LogP contribution is 2.14. The van der Waals surface area contributed by atoms with Crippen molar-refractivity contribution in [3.63, 3.8) is 0 Å². The molecular weight excluding hydrogens is 470 g/mol. The average molecular weight is 522 g/mol. The third-order valence-corrected chi connectivity index (χ3v) is 7.47. The Labute approximate surface area is 224 Å². The number of thioether (sulfide) groups is 1. The summed E-state index contributed by atoms with van der Waals surface area (Å²) < 4.78 is 0. The van der Waals surface area contributed by atoms with Crippen LogP contribution in [-0.4, -0.2) is 35.1 Å². The molecule has 1 aromatic carbocycles. The second kappa shape index (κ2) is 23.5. The van der Waals surface area contributed by atoms with Gasteiger partial charge in [0, 0.05) is 12.1 Å². The summed E-state index contributed by atoms with van der Waals surface area (Å²) in [5.41, 5.74) is 5.05. The minimum atomic E-state index is -0.428. The molecule has 0 aliphatic heterocycles. The van der Waals surface area contributed by atoms with Crippen LogP contribution in [0.5, 0.6) is 5.75 Å². The first-order valence-electron chi connectivity index (χ1n) is 14.3. The number of urea groups is 1. The van der Waals surface area contributed by atoms with Crippen molar-refractivity contribution in [3.8, 4) is 5.75 Å². The number of carbonyl (C=O) groups is 2. The molecule has 0 atom stereocenters. The van der Waals surface area contributed by atoms with Gasteiger partial charge in [-0.2, -0.15) is 11.8 Å². The number of phenolic OH excluding ortho intramolecular Hbond substituents is 1. The summed E-state index contributed by atoms with van der Waals surface area (Å²) in [5.74, 6) is 2.34. The molecule has 4 N–H and O–H groups in total. The van der Waals surface area contributed by atoms with Gasteiger partial charge in [0.15, 0.2) is 0 Å². The summed E-state index contributed by atoms with van der Waals surface area (Å²) in [4.78, 5) is 23.6. The smallest absolute Gasteiger partial charge is 0.333 e. The first-order chi connectivity index (χ1) is 17.6. The van der Waals surface area contributed by atoms with E-state index in [4.69, 9.17) is 0 Å². The highest BCUT2D eigenvalue weighted by Gasteiger charge is 2.06. The summed E-state index contributed by atoms with van der Waals surface area (Å²) in [6.07, 6.45) is 22.5. The Kier molecular flexibility index (Phi) is 21.0. The molecule has 206 valence electrons. The molecule has 7 heteroatoms. The standard InChI is InChI=1S/C29H51N3O3S/c1-2-3-4-5-6-11-14-17-24-36-25-18-15-12-9-7-8-10-13-16-23-30-29(35)32-31-28(34)26-19-21-27(33)22-20-26/h19-22,33H,2-18,23-25H2,1H3,(H,31,34)(H2,30,32,35). The molecular formula is C29H51N3O3S. The Morgan fingerprint density at radius 2 is 1.14 bits per heavy atom. The van der Waals surface area contributed by atoms with Crippen molar-refractivity contribution in [2.45, 2.75) is 116 Å². The normalized spacial score (nSPS) is 10.8. The van der Waals surface area contributed by atoms with Gasteiger partial charge in [-0.1, -0.05) is 96.8 Å². The van der Waals surface area contributed by atoms with E-state index < -0.39 is 11.9 Å². The number of hydrazine groups is 1. The third kappa shape index (κ3) is 19.3. The van der Waals surface area contributed by atoms with Gasteiger partial charge in [0.25, 0.3) is 5.91 Å². The summed E-state index contributed by atoms with van der Waals surface area (Å²) in [7, 11) is 0. The summed E-state index contributed by atoms with van der Waals surface area (Å²) in [5, 5.41) is 12.0. The number of hydrogen-bond acceptors (Lipinski definition) is 4. The molecule has 1 aromatic rings. The van der Waals surface area contributed by atoms with Crippen LogP contribution in [0.25, 0.3) is 0 Å². The van der Waals surface area contributed by atoms with Crippen molar-refractivity contribution < 1.29 is 14.7 Å². The monoisotopic (exact) mass is 521 g/mol. The maximum absolute atomic E-state index is 11.9. The summed E-state index contributed by atoms with van der Waals surface area (Å²) >= 11 is 2.15. The number of unbranched alkanes of at least 4 members (excludes halogenated alkanes) is 15.